The minimum Gasteiger partial charge on any atom is -0.504 e. The number of hydrogen-bond donors (Lipinski definition) is 1. The van der Waals surface area contributed by atoms with Gasteiger partial charge in [0.15, 0.2) is 11.5 Å². The quantitative estimate of drug-likeness (QED) is 0.108. The SMILES string of the molecule is CCOc1cccc([C@H]2C3=CC[C@@H]4C(=O)N(c5ccc(N=Nc6ccc(N(C)C)cc6)cc5)C(=O)[C@@H]4[C@@H]3C[C@H]3C(=O)N(c4ccc(F)c(Cl)c4)C(=O)[C@@]23C)c1O. The molecular formula is C43H39ClFN5O6. The Balaban J connectivity index is 1.15. The van der Waals surface area contributed by atoms with Crippen LogP contribution >= 0.6 is 11.6 Å². The van der Waals surface area contributed by atoms with Gasteiger partial charge in [0.05, 0.1) is 57.5 Å². The van der Waals surface area contributed by atoms with Gasteiger partial charge in [-0.15, -0.1) is 0 Å². The van der Waals surface area contributed by atoms with E-state index in [0.717, 1.165) is 16.7 Å². The highest BCUT2D eigenvalue weighted by atomic mass is 35.5. The molecule has 56 heavy (non-hydrogen) atoms. The number of azo groups is 1. The Labute approximate surface area is 328 Å². The summed E-state index contributed by atoms with van der Waals surface area (Å²) in [6.45, 7) is 3.76. The molecule has 286 valence electrons. The average Bonchev–Trinajstić information content (AvgIpc) is 3.56. The molecule has 0 radical (unpaired) electrons. The number of rotatable bonds is 8. The fourth-order valence-electron chi connectivity index (χ4n) is 9.13. The van der Waals surface area contributed by atoms with Crippen molar-refractivity contribution in [2.24, 2.45) is 39.3 Å². The summed E-state index contributed by atoms with van der Waals surface area (Å²) in [5.74, 6) is -6.46. The van der Waals surface area contributed by atoms with Gasteiger partial charge in [0.1, 0.15) is 5.82 Å². The zero-order valence-corrected chi connectivity index (χ0v) is 31.9. The number of halogens is 2. The lowest BCUT2D eigenvalue weighted by Crippen LogP contribution is -2.48. The van der Waals surface area contributed by atoms with Crippen LogP contribution < -0.4 is 19.4 Å². The van der Waals surface area contributed by atoms with Crippen molar-refractivity contribution >= 4 is 63.7 Å². The number of para-hydroxylation sites is 1. The summed E-state index contributed by atoms with van der Waals surface area (Å²) in [7, 11) is 3.91. The molecule has 2 aliphatic heterocycles. The first kappa shape index (κ1) is 37.1. The Morgan fingerprint density at radius 2 is 1.54 bits per heavy atom. The van der Waals surface area contributed by atoms with Crippen molar-refractivity contribution in [3.8, 4) is 11.5 Å². The molecule has 1 N–H and O–H groups in total. The summed E-state index contributed by atoms with van der Waals surface area (Å²) in [6, 6.07) is 23.0. The van der Waals surface area contributed by atoms with Crippen LogP contribution in [0.25, 0.3) is 0 Å². The maximum Gasteiger partial charge on any atom is 0.241 e. The molecule has 0 unspecified atom stereocenters. The second-order valence-corrected chi connectivity index (χ2v) is 15.4. The molecule has 13 heteroatoms. The average molecular weight is 776 g/mol. The van der Waals surface area contributed by atoms with Crippen molar-refractivity contribution in [2.45, 2.75) is 32.6 Å². The third-order valence-corrected chi connectivity index (χ3v) is 12.1. The van der Waals surface area contributed by atoms with Gasteiger partial charge in [-0.05, 0) is 105 Å². The highest BCUT2D eigenvalue weighted by Crippen LogP contribution is 2.65. The topological polar surface area (TPSA) is 132 Å². The number of ether oxygens (including phenoxy) is 1. The highest BCUT2D eigenvalue weighted by Gasteiger charge is 2.68. The number of anilines is 3. The Bertz CT molecular complexity index is 2350. The number of phenolic OH excluding ortho intramolecular Hbond substituents is 1. The Morgan fingerprint density at radius 1 is 0.875 bits per heavy atom. The maximum atomic E-state index is 14.7. The molecule has 1 saturated carbocycles. The second kappa shape index (κ2) is 14.0. The molecule has 4 aliphatic rings. The van der Waals surface area contributed by atoms with Crippen molar-refractivity contribution in [2.75, 3.05) is 35.4 Å². The van der Waals surface area contributed by atoms with Crippen molar-refractivity contribution in [1.29, 1.82) is 0 Å². The molecule has 0 spiro atoms. The molecule has 4 aromatic rings. The van der Waals surface area contributed by atoms with Crippen molar-refractivity contribution in [3.63, 3.8) is 0 Å². The molecule has 2 heterocycles. The van der Waals surface area contributed by atoms with E-state index in [4.69, 9.17) is 16.3 Å². The summed E-state index contributed by atoms with van der Waals surface area (Å²) in [6.07, 6.45) is 2.23. The van der Waals surface area contributed by atoms with Gasteiger partial charge in [0, 0.05) is 31.3 Å². The van der Waals surface area contributed by atoms with Gasteiger partial charge in [-0.2, -0.15) is 10.2 Å². The van der Waals surface area contributed by atoms with E-state index in [2.05, 4.69) is 10.2 Å². The predicted molar refractivity (Wildman–Crippen MR) is 209 cm³/mol. The van der Waals surface area contributed by atoms with E-state index in [9.17, 15) is 28.7 Å². The Kier molecular flexibility index (Phi) is 9.27. The fourth-order valence-corrected chi connectivity index (χ4v) is 9.30. The smallest absolute Gasteiger partial charge is 0.241 e. The van der Waals surface area contributed by atoms with Crippen LogP contribution in [0.5, 0.6) is 11.5 Å². The number of carbonyl (C=O) groups is 4. The highest BCUT2D eigenvalue weighted by molar-refractivity contribution is 6.32. The third kappa shape index (κ3) is 5.77. The molecule has 0 bridgehead atoms. The molecule has 3 fully saturated rings. The largest absolute Gasteiger partial charge is 0.504 e. The van der Waals surface area contributed by atoms with Gasteiger partial charge in [-0.1, -0.05) is 35.4 Å². The normalized spacial score (nSPS) is 25.7. The van der Waals surface area contributed by atoms with E-state index in [0.29, 0.717) is 28.2 Å². The van der Waals surface area contributed by atoms with Crippen LogP contribution in [0.1, 0.15) is 38.2 Å². The molecule has 2 aliphatic carbocycles. The Morgan fingerprint density at radius 3 is 2.18 bits per heavy atom. The monoisotopic (exact) mass is 775 g/mol. The lowest BCUT2D eigenvalue weighted by molar-refractivity contribution is -0.131. The molecule has 0 aromatic heterocycles. The van der Waals surface area contributed by atoms with E-state index in [1.807, 2.05) is 49.3 Å². The van der Waals surface area contributed by atoms with E-state index < -0.39 is 58.5 Å². The van der Waals surface area contributed by atoms with Gasteiger partial charge in [-0.25, -0.2) is 9.29 Å². The summed E-state index contributed by atoms with van der Waals surface area (Å²) < 4.78 is 20.0. The van der Waals surface area contributed by atoms with Crippen LogP contribution in [0.15, 0.2) is 107 Å². The minimum atomic E-state index is -1.43. The van der Waals surface area contributed by atoms with Crippen LogP contribution in [-0.4, -0.2) is 49.4 Å². The van der Waals surface area contributed by atoms with Crippen molar-refractivity contribution < 1.29 is 33.4 Å². The molecule has 11 nitrogen and oxygen atoms in total. The first-order chi connectivity index (χ1) is 26.8. The van der Waals surface area contributed by atoms with Gasteiger partial charge in [-0.3, -0.25) is 24.1 Å². The van der Waals surface area contributed by atoms with Crippen molar-refractivity contribution in [1.82, 2.24) is 0 Å². The number of amides is 4. The number of phenols is 1. The van der Waals surface area contributed by atoms with Crippen LogP contribution in [0.4, 0.5) is 32.8 Å². The number of aromatic hydroxyl groups is 1. The second-order valence-electron chi connectivity index (χ2n) is 15.0. The van der Waals surface area contributed by atoms with Gasteiger partial charge in [0.25, 0.3) is 0 Å². The number of carbonyl (C=O) groups excluding carboxylic acids is 4. The molecule has 6 atom stereocenters. The predicted octanol–water partition coefficient (Wildman–Crippen LogP) is 8.50. The molecular weight excluding hydrogens is 737 g/mol. The number of imide groups is 2. The zero-order valence-electron chi connectivity index (χ0n) is 31.1. The first-order valence-corrected chi connectivity index (χ1v) is 18.9. The van der Waals surface area contributed by atoms with Crippen LogP contribution in [0, 0.1) is 34.9 Å². The fraction of sp³-hybridized carbons (Fsp3) is 0.302. The summed E-state index contributed by atoms with van der Waals surface area (Å²) >= 11 is 6.12. The van der Waals surface area contributed by atoms with Crippen molar-refractivity contribution in [3.05, 3.63) is 113 Å². The summed E-state index contributed by atoms with van der Waals surface area (Å²) in [5, 5.41) is 20.1. The molecule has 2 saturated heterocycles. The number of benzene rings is 4. The number of allylic oxidation sites excluding steroid dienone is 2. The Hall–Kier alpha value is -5.88. The maximum absolute atomic E-state index is 14.7. The van der Waals surface area contributed by atoms with Crippen LogP contribution in [0.2, 0.25) is 5.02 Å². The van der Waals surface area contributed by atoms with E-state index in [1.165, 1.54) is 17.0 Å². The number of hydrogen-bond acceptors (Lipinski definition) is 9. The number of nitrogens with zero attached hydrogens (tertiary/aromatic N) is 5. The number of fused-ring (bicyclic) bond motifs is 4. The lowest BCUT2D eigenvalue weighted by atomic mass is 9.51. The summed E-state index contributed by atoms with van der Waals surface area (Å²) in [5.41, 5.74) is 2.37. The van der Waals surface area contributed by atoms with Gasteiger partial charge in [0.2, 0.25) is 23.6 Å². The molecule has 8 rings (SSSR count). The van der Waals surface area contributed by atoms with E-state index >= 15 is 0 Å². The standard InChI is InChI=1S/C43H39ClFN5O6/c1-5-56-35-8-6-7-30(38(35)51)37-28-18-19-29-36(31(28)22-32-40(53)50(42(55)43(32,37)2)27-17-20-34(45)33(44)21-27)41(54)49(39(29)52)26-15-11-24(12-16-26)47-46-23-9-13-25(14-10-23)48(3)4/h6-18,20-21,29,31-32,36-37,51H,5,19,22H2,1-4H3/t29-,31+,32-,36-,37+,43+/m0/s1. The van der Waals surface area contributed by atoms with Gasteiger partial charge >= 0.3 is 0 Å². The van der Waals surface area contributed by atoms with Crippen LogP contribution in [-0.2, 0) is 19.2 Å². The van der Waals surface area contributed by atoms with Gasteiger partial charge < -0.3 is 14.7 Å². The van der Waals surface area contributed by atoms with Crippen LogP contribution in [0.3, 0.4) is 0 Å². The molecule has 4 amide bonds. The first-order valence-electron chi connectivity index (χ1n) is 18.5. The third-order valence-electron chi connectivity index (χ3n) is 11.8. The molecule has 4 aromatic carbocycles. The zero-order chi connectivity index (χ0) is 39.6. The lowest BCUT2D eigenvalue weighted by Gasteiger charge is -2.49. The summed E-state index contributed by atoms with van der Waals surface area (Å²) in [4.78, 5) is 62.1. The minimum absolute atomic E-state index is 0.101. The van der Waals surface area contributed by atoms with E-state index in [-0.39, 0.29) is 47.6 Å². The van der Waals surface area contributed by atoms with E-state index in [1.54, 1.807) is 56.3 Å².